The molecule has 0 saturated heterocycles. The molecule has 2 atom stereocenters. The number of benzene rings is 2. The van der Waals surface area contributed by atoms with Crippen molar-refractivity contribution in [2.45, 2.75) is 42.9 Å². The van der Waals surface area contributed by atoms with Crippen LogP contribution in [0, 0.1) is 0 Å². The molecule has 0 radical (unpaired) electrons. The van der Waals surface area contributed by atoms with Crippen molar-refractivity contribution in [1.29, 1.82) is 0 Å². The Labute approximate surface area is 192 Å². The fourth-order valence-electron chi connectivity index (χ4n) is 3.87. The van der Waals surface area contributed by atoms with E-state index in [1.54, 1.807) is 10.9 Å². The smallest absolute Gasteiger partial charge is 0.258 e. The molecule has 1 N–H and O–H groups in total. The molecule has 7 nitrogen and oxygen atoms in total. The number of sulfone groups is 1. The first-order valence-corrected chi connectivity index (χ1v) is 12.6. The van der Waals surface area contributed by atoms with Crippen molar-refractivity contribution in [3.63, 3.8) is 0 Å². The van der Waals surface area contributed by atoms with Gasteiger partial charge in [0.25, 0.3) is 5.91 Å². The number of amides is 1. The van der Waals surface area contributed by atoms with Gasteiger partial charge >= 0.3 is 0 Å². The van der Waals surface area contributed by atoms with E-state index in [-0.39, 0.29) is 22.1 Å². The van der Waals surface area contributed by atoms with Gasteiger partial charge in [0.15, 0.2) is 9.84 Å². The molecular weight excluding hydrogens is 450 g/mol. The largest absolute Gasteiger partial charge is 0.371 e. The maximum absolute atomic E-state index is 12.7. The van der Waals surface area contributed by atoms with Gasteiger partial charge in [0.2, 0.25) is 0 Å². The Morgan fingerprint density at radius 1 is 1.22 bits per heavy atom. The third kappa shape index (κ3) is 5.38. The van der Waals surface area contributed by atoms with E-state index in [2.05, 4.69) is 10.4 Å². The van der Waals surface area contributed by atoms with Gasteiger partial charge in [0.1, 0.15) is 0 Å². The highest BCUT2D eigenvalue weighted by Crippen LogP contribution is 2.33. The fraction of sp³-hybridized carbons (Fsp3) is 0.304. The molecule has 2 unspecified atom stereocenters. The number of rotatable bonds is 7. The molecule has 0 bridgehead atoms. The Morgan fingerprint density at radius 3 is 2.75 bits per heavy atom. The van der Waals surface area contributed by atoms with Crippen molar-refractivity contribution in [3.05, 3.63) is 77.1 Å². The van der Waals surface area contributed by atoms with Gasteiger partial charge in [-0.05, 0) is 43.0 Å². The van der Waals surface area contributed by atoms with Crippen LogP contribution in [0.1, 0.15) is 41.2 Å². The van der Waals surface area contributed by atoms with Crippen LogP contribution >= 0.6 is 11.6 Å². The molecule has 32 heavy (non-hydrogen) atoms. The SMILES string of the molecule is CS(=O)(=O)c1cc(Cl)cc(NC(=O)c2cnn(C3CCCC3OCc3ccccc3)c2)c1. The first kappa shape index (κ1) is 22.5. The number of nitrogens with one attached hydrogen (secondary N) is 1. The van der Waals surface area contributed by atoms with Crippen LogP contribution in [-0.2, 0) is 21.2 Å². The van der Waals surface area contributed by atoms with E-state index in [0.29, 0.717) is 17.9 Å². The summed E-state index contributed by atoms with van der Waals surface area (Å²) in [5.41, 5.74) is 1.80. The van der Waals surface area contributed by atoms with E-state index >= 15 is 0 Å². The van der Waals surface area contributed by atoms with E-state index in [9.17, 15) is 13.2 Å². The molecule has 1 saturated carbocycles. The lowest BCUT2D eigenvalue weighted by Gasteiger charge is -2.20. The fourth-order valence-corrected chi connectivity index (χ4v) is 4.85. The topological polar surface area (TPSA) is 90.3 Å². The molecule has 3 aromatic rings. The summed E-state index contributed by atoms with van der Waals surface area (Å²) < 4.78 is 31.6. The summed E-state index contributed by atoms with van der Waals surface area (Å²) in [4.78, 5) is 12.8. The predicted octanol–water partition coefficient (Wildman–Crippen LogP) is 4.50. The van der Waals surface area contributed by atoms with Gasteiger partial charge in [-0.3, -0.25) is 9.48 Å². The quantitative estimate of drug-likeness (QED) is 0.545. The number of carbonyl (C=O) groups excluding carboxylic acids is 1. The van der Waals surface area contributed by atoms with E-state index < -0.39 is 15.7 Å². The number of hydrogen-bond acceptors (Lipinski definition) is 5. The highest BCUT2D eigenvalue weighted by atomic mass is 35.5. The second-order valence-electron chi connectivity index (χ2n) is 7.94. The zero-order valence-corrected chi connectivity index (χ0v) is 19.1. The standard InChI is InChI=1S/C23H24ClN3O4S/c1-32(29,30)20-11-18(24)10-19(12-20)26-23(28)17-13-25-27(14-17)21-8-5-9-22(21)31-15-16-6-3-2-4-7-16/h2-4,6-7,10-14,21-22H,5,8-9,15H2,1H3,(H,26,28). The normalized spacial score (nSPS) is 18.6. The van der Waals surface area contributed by atoms with Gasteiger partial charge in [-0.1, -0.05) is 41.9 Å². The number of carbonyl (C=O) groups is 1. The van der Waals surface area contributed by atoms with Crippen molar-refractivity contribution in [1.82, 2.24) is 9.78 Å². The molecule has 0 aliphatic heterocycles. The first-order chi connectivity index (χ1) is 15.3. The summed E-state index contributed by atoms with van der Waals surface area (Å²) in [6.07, 6.45) is 7.21. The lowest BCUT2D eigenvalue weighted by atomic mass is 10.2. The van der Waals surface area contributed by atoms with Gasteiger partial charge in [-0.2, -0.15) is 5.10 Å². The average Bonchev–Trinajstić information content (AvgIpc) is 3.41. The maximum Gasteiger partial charge on any atom is 0.258 e. The monoisotopic (exact) mass is 473 g/mol. The summed E-state index contributed by atoms with van der Waals surface area (Å²) in [7, 11) is -3.45. The molecule has 1 heterocycles. The molecule has 9 heteroatoms. The Bertz CT molecular complexity index is 1210. The van der Waals surface area contributed by atoms with E-state index in [1.165, 1.54) is 24.4 Å². The predicted molar refractivity (Wildman–Crippen MR) is 123 cm³/mol. The van der Waals surface area contributed by atoms with Gasteiger partial charge in [0.05, 0.1) is 35.4 Å². The maximum atomic E-state index is 12.7. The zero-order valence-electron chi connectivity index (χ0n) is 17.6. The highest BCUT2D eigenvalue weighted by molar-refractivity contribution is 7.90. The Kier molecular flexibility index (Phi) is 6.64. The molecule has 168 valence electrons. The van der Waals surface area contributed by atoms with E-state index in [1.807, 2.05) is 30.3 Å². The number of halogens is 1. The van der Waals surface area contributed by atoms with E-state index in [0.717, 1.165) is 31.1 Å². The summed E-state index contributed by atoms with van der Waals surface area (Å²) in [6, 6.07) is 14.3. The van der Waals surface area contributed by atoms with Crippen LogP contribution in [0.5, 0.6) is 0 Å². The lowest BCUT2D eigenvalue weighted by Crippen LogP contribution is -2.22. The average molecular weight is 474 g/mol. The molecule has 1 amide bonds. The minimum Gasteiger partial charge on any atom is -0.371 e. The van der Waals surface area contributed by atoms with Crippen LogP contribution in [-0.4, -0.2) is 36.5 Å². The van der Waals surface area contributed by atoms with Gasteiger partial charge in [0, 0.05) is 23.2 Å². The minimum absolute atomic E-state index is 0.0243. The summed E-state index contributed by atoms with van der Waals surface area (Å²) in [5, 5.41) is 7.32. The van der Waals surface area contributed by atoms with E-state index in [4.69, 9.17) is 16.3 Å². The minimum atomic E-state index is -3.45. The summed E-state index contributed by atoms with van der Waals surface area (Å²) in [5.74, 6) is -0.391. The highest BCUT2D eigenvalue weighted by Gasteiger charge is 2.30. The third-order valence-electron chi connectivity index (χ3n) is 5.49. The van der Waals surface area contributed by atoms with Crippen LogP contribution in [0.25, 0.3) is 0 Å². The molecular formula is C23H24ClN3O4S. The molecule has 1 aliphatic carbocycles. The Balaban J connectivity index is 1.44. The number of hydrogen-bond donors (Lipinski definition) is 1. The van der Waals surface area contributed by atoms with Gasteiger partial charge in [-0.25, -0.2) is 8.42 Å². The van der Waals surface area contributed by atoms with Crippen molar-refractivity contribution < 1.29 is 17.9 Å². The Morgan fingerprint density at radius 2 is 2.00 bits per heavy atom. The second-order valence-corrected chi connectivity index (χ2v) is 10.4. The molecule has 1 aromatic heterocycles. The molecule has 0 spiro atoms. The van der Waals surface area contributed by atoms with Gasteiger partial charge in [-0.15, -0.1) is 0 Å². The molecule has 1 aliphatic rings. The van der Waals surface area contributed by atoms with Crippen molar-refractivity contribution in [2.24, 2.45) is 0 Å². The molecule has 1 fully saturated rings. The molecule has 4 rings (SSSR count). The van der Waals surface area contributed by atoms with Crippen LogP contribution in [0.4, 0.5) is 5.69 Å². The molecule has 2 aromatic carbocycles. The van der Waals surface area contributed by atoms with Crippen molar-refractivity contribution in [2.75, 3.05) is 11.6 Å². The number of aromatic nitrogens is 2. The number of ether oxygens (including phenoxy) is 1. The third-order valence-corrected chi connectivity index (χ3v) is 6.80. The van der Waals surface area contributed by atoms with Crippen molar-refractivity contribution >= 4 is 33.0 Å². The first-order valence-electron chi connectivity index (χ1n) is 10.3. The lowest BCUT2D eigenvalue weighted by molar-refractivity contribution is 0.0166. The number of nitrogens with zero attached hydrogens (tertiary/aromatic N) is 2. The summed E-state index contributed by atoms with van der Waals surface area (Å²) >= 11 is 6.02. The summed E-state index contributed by atoms with van der Waals surface area (Å²) in [6.45, 7) is 0.536. The van der Waals surface area contributed by atoms with Crippen LogP contribution < -0.4 is 5.32 Å². The van der Waals surface area contributed by atoms with Crippen LogP contribution in [0.2, 0.25) is 5.02 Å². The second kappa shape index (κ2) is 9.44. The van der Waals surface area contributed by atoms with Crippen LogP contribution in [0.15, 0.2) is 65.8 Å². The Hall–Kier alpha value is -2.68. The van der Waals surface area contributed by atoms with Crippen LogP contribution in [0.3, 0.4) is 0 Å². The number of anilines is 1. The van der Waals surface area contributed by atoms with Gasteiger partial charge < -0.3 is 10.1 Å². The van der Waals surface area contributed by atoms with Crippen molar-refractivity contribution in [3.8, 4) is 0 Å². The zero-order chi connectivity index (χ0) is 22.7.